The number of aryl methyl sites for hydroxylation is 2. The van der Waals surface area contributed by atoms with Gasteiger partial charge in [0.15, 0.2) is 5.16 Å². The van der Waals surface area contributed by atoms with E-state index in [2.05, 4.69) is 0 Å². The molecule has 2 aromatic heterocycles. The Morgan fingerprint density at radius 3 is 2.81 bits per heavy atom. The Balaban J connectivity index is 1.70. The topological polar surface area (TPSA) is 64.4 Å². The zero-order valence-corrected chi connectivity index (χ0v) is 17.5. The first kappa shape index (κ1) is 19.0. The molecule has 0 spiro atoms. The number of hydrogen-bond donors (Lipinski definition) is 0. The van der Waals surface area contributed by atoms with E-state index in [0.717, 1.165) is 55.4 Å². The molecular weight excluding hydrogens is 382 g/mol. The van der Waals surface area contributed by atoms with Crippen molar-refractivity contribution >= 4 is 39.2 Å². The standard InChI is InChI=1S/C19H25N3O3S2/c1-12(17(23)21-8-3-4-9-21)26-19-20-16-15(13-6-5-7-14(13)27-16)18(24)22(19)10-11-25-2/h12H,3-11H2,1-2H3/t12-/m0/s1. The molecule has 0 unspecified atom stereocenters. The maximum atomic E-state index is 13.2. The fourth-order valence-electron chi connectivity index (χ4n) is 3.93. The van der Waals surface area contributed by atoms with Crippen LogP contribution < -0.4 is 5.56 Å². The van der Waals surface area contributed by atoms with Crippen molar-refractivity contribution in [2.45, 2.75) is 56.0 Å². The third-order valence-electron chi connectivity index (χ3n) is 5.36. The Kier molecular flexibility index (Phi) is 5.57. The van der Waals surface area contributed by atoms with Crippen molar-refractivity contribution in [2.24, 2.45) is 0 Å². The summed E-state index contributed by atoms with van der Waals surface area (Å²) in [6.07, 6.45) is 5.28. The SMILES string of the molecule is COCCn1c(S[C@@H](C)C(=O)N2CCCC2)nc2sc3c(c2c1=O)CCC3. The number of thioether (sulfide) groups is 1. The van der Waals surface area contributed by atoms with Gasteiger partial charge in [0.05, 0.1) is 23.8 Å². The number of fused-ring (bicyclic) bond motifs is 3. The van der Waals surface area contributed by atoms with Gasteiger partial charge in [0.1, 0.15) is 4.83 Å². The lowest BCUT2D eigenvalue weighted by Gasteiger charge is -2.20. The number of carbonyl (C=O) groups excluding carboxylic acids is 1. The Morgan fingerprint density at radius 1 is 1.30 bits per heavy atom. The zero-order chi connectivity index (χ0) is 19.0. The Bertz CT molecular complexity index is 915. The van der Waals surface area contributed by atoms with Crippen LogP contribution >= 0.6 is 23.1 Å². The second-order valence-corrected chi connectivity index (χ2v) is 9.57. The fraction of sp³-hybridized carbons (Fsp3) is 0.632. The first-order chi connectivity index (χ1) is 13.1. The largest absolute Gasteiger partial charge is 0.383 e. The molecule has 0 bridgehead atoms. The number of carbonyl (C=O) groups is 1. The number of likely N-dealkylation sites (tertiary alicyclic amines) is 1. The maximum absolute atomic E-state index is 13.2. The molecule has 3 heterocycles. The molecule has 8 heteroatoms. The minimum atomic E-state index is -0.256. The van der Waals surface area contributed by atoms with Crippen LogP contribution in [0.4, 0.5) is 0 Å². The summed E-state index contributed by atoms with van der Waals surface area (Å²) >= 11 is 3.04. The summed E-state index contributed by atoms with van der Waals surface area (Å²) in [4.78, 5) is 34.8. The second-order valence-electron chi connectivity index (χ2n) is 7.17. The van der Waals surface area contributed by atoms with Crippen LogP contribution in [-0.4, -0.2) is 52.4 Å². The molecule has 4 rings (SSSR count). The van der Waals surface area contributed by atoms with E-state index >= 15 is 0 Å². The lowest BCUT2D eigenvalue weighted by molar-refractivity contribution is -0.129. The number of rotatable bonds is 6. The number of ether oxygens (including phenoxy) is 1. The highest BCUT2D eigenvalue weighted by Crippen LogP contribution is 2.36. The highest BCUT2D eigenvalue weighted by molar-refractivity contribution is 8.00. The Hall–Kier alpha value is -1.38. The van der Waals surface area contributed by atoms with Gasteiger partial charge in [-0.2, -0.15) is 0 Å². The van der Waals surface area contributed by atoms with E-state index in [1.54, 1.807) is 23.0 Å². The Morgan fingerprint density at radius 2 is 2.07 bits per heavy atom. The number of methoxy groups -OCH3 is 1. The second kappa shape index (κ2) is 7.93. The van der Waals surface area contributed by atoms with E-state index in [9.17, 15) is 9.59 Å². The molecule has 27 heavy (non-hydrogen) atoms. The van der Waals surface area contributed by atoms with Gasteiger partial charge in [-0.05, 0) is 44.6 Å². The van der Waals surface area contributed by atoms with E-state index in [1.165, 1.54) is 22.2 Å². The van der Waals surface area contributed by atoms with Crippen molar-refractivity contribution < 1.29 is 9.53 Å². The van der Waals surface area contributed by atoms with Gasteiger partial charge in [0.2, 0.25) is 5.91 Å². The number of nitrogens with zero attached hydrogens (tertiary/aromatic N) is 3. The molecule has 6 nitrogen and oxygen atoms in total. The zero-order valence-electron chi connectivity index (χ0n) is 15.8. The summed E-state index contributed by atoms with van der Waals surface area (Å²) < 4.78 is 6.91. The van der Waals surface area contributed by atoms with Crippen LogP contribution in [0.1, 0.15) is 36.6 Å². The quantitative estimate of drug-likeness (QED) is 0.544. The monoisotopic (exact) mass is 407 g/mol. The summed E-state index contributed by atoms with van der Waals surface area (Å²) in [7, 11) is 1.63. The molecule has 1 fully saturated rings. The van der Waals surface area contributed by atoms with Gasteiger partial charge in [-0.15, -0.1) is 11.3 Å². The van der Waals surface area contributed by atoms with Crippen LogP contribution in [0.25, 0.3) is 10.2 Å². The van der Waals surface area contributed by atoms with Crippen molar-refractivity contribution in [2.75, 3.05) is 26.8 Å². The number of hydrogen-bond acceptors (Lipinski definition) is 6. The van der Waals surface area contributed by atoms with E-state index in [0.29, 0.717) is 18.3 Å². The molecule has 0 N–H and O–H groups in total. The van der Waals surface area contributed by atoms with Crippen molar-refractivity contribution in [3.8, 4) is 0 Å². The van der Waals surface area contributed by atoms with Crippen molar-refractivity contribution in [1.82, 2.24) is 14.5 Å². The predicted octanol–water partition coefficient (Wildman–Crippen LogP) is 2.70. The molecule has 0 radical (unpaired) electrons. The molecule has 2 aliphatic rings. The van der Waals surface area contributed by atoms with Crippen molar-refractivity contribution in [3.63, 3.8) is 0 Å². The molecule has 1 amide bonds. The molecule has 0 aromatic carbocycles. The van der Waals surface area contributed by atoms with Gasteiger partial charge < -0.3 is 9.64 Å². The molecular formula is C19H25N3O3S2. The third-order valence-corrected chi connectivity index (χ3v) is 7.62. The predicted molar refractivity (Wildman–Crippen MR) is 109 cm³/mol. The first-order valence-corrected chi connectivity index (χ1v) is 11.3. The minimum absolute atomic E-state index is 0.0137. The lowest BCUT2D eigenvalue weighted by atomic mass is 10.2. The van der Waals surface area contributed by atoms with Crippen LogP contribution in [0, 0.1) is 0 Å². The van der Waals surface area contributed by atoms with Gasteiger partial charge in [-0.1, -0.05) is 11.8 Å². The Labute approximate surface area is 166 Å². The average molecular weight is 408 g/mol. The molecule has 1 aliphatic carbocycles. The summed E-state index contributed by atoms with van der Waals surface area (Å²) in [6, 6.07) is 0. The third kappa shape index (κ3) is 3.54. The maximum Gasteiger partial charge on any atom is 0.263 e. The van der Waals surface area contributed by atoms with Crippen LogP contribution in [0.5, 0.6) is 0 Å². The molecule has 1 atom stereocenters. The molecule has 2 aromatic rings. The average Bonchev–Trinajstić information content (AvgIpc) is 3.37. The van der Waals surface area contributed by atoms with Gasteiger partial charge >= 0.3 is 0 Å². The molecule has 0 saturated carbocycles. The lowest BCUT2D eigenvalue weighted by Crippen LogP contribution is -2.35. The fourth-order valence-corrected chi connectivity index (χ4v) is 6.25. The molecule has 1 aliphatic heterocycles. The minimum Gasteiger partial charge on any atom is -0.383 e. The van der Waals surface area contributed by atoms with E-state index in [-0.39, 0.29) is 16.7 Å². The van der Waals surface area contributed by atoms with Crippen LogP contribution in [-0.2, 0) is 28.9 Å². The van der Waals surface area contributed by atoms with Crippen molar-refractivity contribution in [1.29, 1.82) is 0 Å². The van der Waals surface area contributed by atoms with Crippen LogP contribution in [0.2, 0.25) is 0 Å². The molecule has 1 saturated heterocycles. The highest BCUT2D eigenvalue weighted by Gasteiger charge is 2.27. The summed E-state index contributed by atoms with van der Waals surface area (Å²) in [6.45, 7) is 4.49. The van der Waals surface area contributed by atoms with E-state index < -0.39 is 0 Å². The van der Waals surface area contributed by atoms with Crippen molar-refractivity contribution in [3.05, 3.63) is 20.8 Å². The number of amides is 1. The first-order valence-electron chi connectivity index (χ1n) is 9.59. The summed E-state index contributed by atoms with van der Waals surface area (Å²) in [5, 5.41) is 1.16. The van der Waals surface area contributed by atoms with Crippen LogP contribution in [0.15, 0.2) is 9.95 Å². The molecule has 146 valence electrons. The highest BCUT2D eigenvalue weighted by atomic mass is 32.2. The summed E-state index contributed by atoms with van der Waals surface area (Å²) in [5.41, 5.74) is 1.20. The number of aromatic nitrogens is 2. The van der Waals surface area contributed by atoms with E-state index in [4.69, 9.17) is 9.72 Å². The van der Waals surface area contributed by atoms with Gasteiger partial charge in [0, 0.05) is 25.1 Å². The number of thiophene rings is 1. The van der Waals surface area contributed by atoms with Crippen LogP contribution in [0.3, 0.4) is 0 Å². The van der Waals surface area contributed by atoms with E-state index in [1.807, 2.05) is 11.8 Å². The summed E-state index contributed by atoms with van der Waals surface area (Å²) in [5.74, 6) is 0.138. The van der Waals surface area contributed by atoms with Gasteiger partial charge in [0.25, 0.3) is 5.56 Å². The smallest absolute Gasteiger partial charge is 0.263 e. The normalized spacial score (nSPS) is 17.6. The van der Waals surface area contributed by atoms with Gasteiger partial charge in [-0.25, -0.2) is 4.98 Å². The van der Waals surface area contributed by atoms with Gasteiger partial charge in [-0.3, -0.25) is 14.2 Å².